The first kappa shape index (κ1) is 17.9. The zero-order valence-corrected chi connectivity index (χ0v) is 15.4. The van der Waals surface area contributed by atoms with Crippen molar-refractivity contribution >= 4 is 28.1 Å². The summed E-state index contributed by atoms with van der Waals surface area (Å²) in [6.07, 6.45) is 0. The van der Waals surface area contributed by atoms with Gasteiger partial charge in [0.2, 0.25) is 11.6 Å². The second-order valence-electron chi connectivity index (χ2n) is 6.16. The third kappa shape index (κ3) is 3.14. The van der Waals surface area contributed by atoms with Crippen molar-refractivity contribution in [2.45, 2.75) is 4.90 Å². The molecule has 28 heavy (non-hydrogen) atoms. The highest BCUT2D eigenvalue weighted by Gasteiger charge is 2.35. The Balaban J connectivity index is 1.88. The first-order chi connectivity index (χ1) is 13.6. The molecule has 138 valence electrons. The van der Waals surface area contributed by atoms with Gasteiger partial charge in [0.15, 0.2) is 0 Å². The van der Waals surface area contributed by atoms with E-state index in [0.717, 1.165) is 0 Å². The van der Waals surface area contributed by atoms with Gasteiger partial charge in [-0.3, -0.25) is 9.59 Å². The van der Waals surface area contributed by atoms with Crippen molar-refractivity contribution in [3.8, 4) is 5.75 Å². The molecule has 5 nitrogen and oxygen atoms in total. The van der Waals surface area contributed by atoms with E-state index in [4.69, 9.17) is 0 Å². The molecule has 0 amide bonds. The van der Waals surface area contributed by atoms with Crippen LogP contribution in [0, 0.1) is 0 Å². The van der Waals surface area contributed by atoms with E-state index in [9.17, 15) is 18.9 Å². The Morgan fingerprint density at radius 1 is 0.714 bits per heavy atom. The van der Waals surface area contributed by atoms with Crippen molar-refractivity contribution in [2.75, 3.05) is 5.32 Å². The van der Waals surface area contributed by atoms with Gasteiger partial charge in [-0.1, -0.05) is 42.5 Å². The third-order valence-electron chi connectivity index (χ3n) is 4.36. The summed E-state index contributed by atoms with van der Waals surface area (Å²) in [7, 11) is -1.90. The molecule has 1 atom stereocenters. The van der Waals surface area contributed by atoms with Crippen LogP contribution in [0.3, 0.4) is 0 Å². The van der Waals surface area contributed by atoms with Gasteiger partial charge in [-0.05, 0) is 36.4 Å². The number of anilines is 1. The number of Topliss-reactive ketones (excluding diaryl/α,β-unsaturated/α-hetero) is 2. The van der Waals surface area contributed by atoms with Gasteiger partial charge >= 0.3 is 0 Å². The summed E-state index contributed by atoms with van der Waals surface area (Å²) in [4.78, 5) is 26.5. The molecule has 3 aromatic carbocycles. The molecular formula is C22H15NO4S. The number of aromatic hydroxyl groups is 1. The molecule has 0 aliphatic heterocycles. The Morgan fingerprint density at radius 3 is 1.93 bits per heavy atom. The van der Waals surface area contributed by atoms with Crippen LogP contribution in [0.2, 0.25) is 0 Å². The third-order valence-corrected chi connectivity index (χ3v) is 5.82. The van der Waals surface area contributed by atoms with Crippen LogP contribution in [0.25, 0.3) is 0 Å². The van der Waals surface area contributed by atoms with E-state index in [2.05, 4.69) is 5.32 Å². The number of fused-ring (bicyclic) bond motifs is 1. The highest BCUT2D eigenvalue weighted by Crippen LogP contribution is 2.31. The lowest BCUT2D eigenvalue weighted by Gasteiger charge is -2.21. The summed E-state index contributed by atoms with van der Waals surface area (Å²) >= 11 is 0. The lowest BCUT2D eigenvalue weighted by Crippen LogP contribution is -2.28. The van der Waals surface area contributed by atoms with E-state index < -0.39 is 16.6 Å². The Hall–Kier alpha value is -3.51. The minimum atomic E-state index is -1.90. The van der Waals surface area contributed by atoms with Crippen LogP contribution in [0.4, 0.5) is 5.69 Å². The Morgan fingerprint density at radius 2 is 1.29 bits per heavy atom. The summed E-state index contributed by atoms with van der Waals surface area (Å²) in [5.74, 6) is -0.824. The topological polar surface area (TPSA) is 83.5 Å². The summed E-state index contributed by atoms with van der Waals surface area (Å²) < 4.78 is 13.2. The zero-order chi connectivity index (χ0) is 19.7. The van der Waals surface area contributed by atoms with Crippen molar-refractivity contribution < 1.29 is 18.9 Å². The second kappa shape index (κ2) is 7.25. The predicted octanol–water partition coefficient (Wildman–Crippen LogP) is 3.90. The number of ketones is 2. The molecular weight excluding hydrogens is 374 g/mol. The van der Waals surface area contributed by atoms with Crippen LogP contribution in [-0.2, 0) is 10.8 Å². The summed E-state index contributed by atoms with van der Waals surface area (Å²) in [5, 5.41) is 12.5. The predicted molar refractivity (Wildman–Crippen MR) is 107 cm³/mol. The number of benzene rings is 3. The fourth-order valence-electron chi connectivity index (χ4n) is 3.00. The van der Waals surface area contributed by atoms with Crippen LogP contribution >= 0.6 is 0 Å². The second-order valence-corrected chi connectivity index (χ2v) is 7.58. The quantitative estimate of drug-likeness (QED) is 0.707. The fourth-order valence-corrected chi connectivity index (χ4v) is 4.22. The van der Waals surface area contributed by atoms with Crippen LogP contribution in [0.1, 0.15) is 20.7 Å². The maximum Gasteiger partial charge on any atom is 0.211 e. The number of hydrogen-bond donors (Lipinski definition) is 2. The van der Waals surface area contributed by atoms with Crippen molar-refractivity contribution in [1.82, 2.24) is 0 Å². The summed E-state index contributed by atoms with van der Waals surface area (Å²) in [6, 6.07) is 21.1. The van der Waals surface area contributed by atoms with Crippen molar-refractivity contribution in [1.29, 1.82) is 0 Å². The molecule has 1 unspecified atom stereocenters. The van der Waals surface area contributed by atoms with E-state index in [1.54, 1.807) is 48.5 Å². The van der Waals surface area contributed by atoms with E-state index in [1.807, 2.05) is 6.07 Å². The van der Waals surface area contributed by atoms with Crippen molar-refractivity contribution in [3.05, 3.63) is 101 Å². The summed E-state index contributed by atoms with van der Waals surface area (Å²) in [6.45, 7) is 0. The highest BCUT2D eigenvalue weighted by molar-refractivity contribution is 7.90. The van der Waals surface area contributed by atoms with E-state index in [1.165, 1.54) is 24.3 Å². The molecule has 0 fully saturated rings. The van der Waals surface area contributed by atoms with E-state index in [-0.39, 0.29) is 33.3 Å². The van der Waals surface area contributed by atoms with Gasteiger partial charge < -0.3 is 10.4 Å². The molecule has 3 aromatic rings. The first-order valence-corrected chi connectivity index (χ1v) is 9.67. The number of phenolic OH excluding ortho intramolecular Hbond substituents is 1. The number of phenols is 1. The van der Waals surface area contributed by atoms with Gasteiger partial charge in [-0.15, -0.1) is 0 Å². The maximum atomic E-state index is 13.2. The SMILES string of the molecule is O=C1C(Nc2ccccc2)=C(S(=O)c2ccc(O)cc2)C(=O)c2ccccc21. The normalized spacial score (nSPS) is 14.6. The van der Waals surface area contributed by atoms with Gasteiger partial charge in [0, 0.05) is 21.7 Å². The van der Waals surface area contributed by atoms with Gasteiger partial charge in [0.1, 0.15) is 16.4 Å². The van der Waals surface area contributed by atoms with Gasteiger partial charge in [0.05, 0.1) is 10.8 Å². The van der Waals surface area contributed by atoms with Gasteiger partial charge in [-0.2, -0.15) is 0 Å². The molecule has 0 heterocycles. The minimum Gasteiger partial charge on any atom is -0.508 e. The average Bonchev–Trinajstić information content (AvgIpc) is 2.73. The number of hydrogen-bond acceptors (Lipinski definition) is 5. The van der Waals surface area contributed by atoms with Crippen LogP contribution in [0.5, 0.6) is 5.75 Å². The molecule has 1 aliphatic rings. The Bertz CT molecular complexity index is 1130. The average molecular weight is 389 g/mol. The van der Waals surface area contributed by atoms with Crippen molar-refractivity contribution in [2.24, 2.45) is 0 Å². The van der Waals surface area contributed by atoms with E-state index in [0.29, 0.717) is 10.6 Å². The smallest absolute Gasteiger partial charge is 0.211 e. The largest absolute Gasteiger partial charge is 0.508 e. The van der Waals surface area contributed by atoms with Crippen LogP contribution in [-0.4, -0.2) is 20.9 Å². The van der Waals surface area contributed by atoms with Gasteiger partial charge in [0.25, 0.3) is 0 Å². The first-order valence-electron chi connectivity index (χ1n) is 8.52. The molecule has 4 rings (SSSR count). The van der Waals surface area contributed by atoms with Crippen molar-refractivity contribution in [3.63, 3.8) is 0 Å². The number of nitrogens with one attached hydrogen (secondary N) is 1. The summed E-state index contributed by atoms with van der Waals surface area (Å²) in [5.41, 5.74) is 1.12. The molecule has 0 radical (unpaired) electrons. The lowest BCUT2D eigenvalue weighted by atomic mass is 9.92. The Kier molecular flexibility index (Phi) is 4.63. The highest BCUT2D eigenvalue weighted by atomic mass is 32.2. The molecule has 0 bridgehead atoms. The lowest BCUT2D eigenvalue weighted by molar-refractivity contribution is 0.0982. The maximum absolute atomic E-state index is 13.2. The molecule has 0 saturated heterocycles. The molecule has 6 heteroatoms. The van der Waals surface area contributed by atoms with Gasteiger partial charge in [-0.25, -0.2) is 4.21 Å². The number of allylic oxidation sites excluding steroid dienone is 2. The standard InChI is InChI=1S/C22H15NO4S/c24-15-10-12-16(13-11-15)28(27)22-19(23-14-6-2-1-3-7-14)20(25)17-8-4-5-9-18(17)21(22)26/h1-13,23-24H. The minimum absolute atomic E-state index is 0.00121. The fraction of sp³-hybridized carbons (Fsp3) is 0. The number of carbonyl (C=O) groups excluding carboxylic acids is 2. The van der Waals surface area contributed by atoms with Crippen LogP contribution in [0.15, 0.2) is 94.4 Å². The molecule has 0 saturated carbocycles. The zero-order valence-electron chi connectivity index (χ0n) is 14.6. The van der Waals surface area contributed by atoms with E-state index >= 15 is 0 Å². The Labute approximate surface area is 163 Å². The van der Waals surface area contributed by atoms with Crippen LogP contribution < -0.4 is 5.32 Å². The number of rotatable bonds is 4. The molecule has 0 aromatic heterocycles. The number of para-hydroxylation sites is 1. The molecule has 2 N–H and O–H groups in total. The molecule has 1 aliphatic carbocycles. The molecule has 0 spiro atoms. The number of carbonyl (C=O) groups is 2. The monoisotopic (exact) mass is 389 g/mol.